The van der Waals surface area contributed by atoms with Gasteiger partial charge < -0.3 is 9.64 Å². The van der Waals surface area contributed by atoms with Crippen LogP contribution >= 0.6 is 11.3 Å². The number of methoxy groups -OCH3 is 1. The number of thiophene rings is 1. The first kappa shape index (κ1) is 18.7. The van der Waals surface area contributed by atoms with E-state index < -0.39 is 23.3 Å². The lowest BCUT2D eigenvalue weighted by atomic mass is 9.89. The molecule has 138 valence electrons. The Morgan fingerprint density at radius 3 is 2.85 bits per heavy atom. The molecule has 7 heteroatoms. The Balaban J connectivity index is 1.73. The summed E-state index contributed by atoms with van der Waals surface area (Å²) in [7, 11) is 1.59. The van der Waals surface area contributed by atoms with Crippen LogP contribution in [0, 0.1) is 17.6 Å². The third kappa shape index (κ3) is 3.99. The van der Waals surface area contributed by atoms with E-state index in [2.05, 4.69) is 0 Å². The molecule has 2 heterocycles. The van der Waals surface area contributed by atoms with Gasteiger partial charge in [0, 0.05) is 31.0 Å². The zero-order valence-corrected chi connectivity index (χ0v) is 15.2. The lowest BCUT2D eigenvalue weighted by molar-refractivity contribution is 0.0639. The third-order valence-electron chi connectivity index (χ3n) is 4.43. The summed E-state index contributed by atoms with van der Waals surface area (Å²) in [4.78, 5) is 28.4. The maximum atomic E-state index is 13.9. The fourth-order valence-corrected chi connectivity index (χ4v) is 4.10. The standard InChI is InChI=1S/C19H19F2NO3S/c1-25-11-14-5-7-17(26-14)19(24)22-8-2-3-12(10-22)18(23)15-9-13(20)4-6-16(15)21/h4-7,9,12H,2-3,8,10-11H2,1H3/t12-/m0/s1. The zero-order chi connectivity index (χ0) is 18.7. The number of carbonyl (C=O) groups is 2. The van der Waals surface area contributed by atoms with Crippen molar-refractivity contribution in [3.8, 4) is 0 Å². The average molecular weight is 379 g/mol. The molecule has 0 unspecified atom stereocenters. The number of hydrogen-bond acceptors (Lipinski definition) is 4. The lowest BCUT2D eigenvalue weighted by Crippen LogP contribution is -2.42. The van der Waals surface area contributed by atoms with Crippen LogP contribution in [0.3, 0.4) is 0 Å². The van der Waals surface area contributed by atoms with Crippen molar-refractivity contribution >= 4 is 23.0 Å². The van der Waals surface area contributed by atoms with E-state index in [9.17, 15) is 18.4 Å². The molecule has 0 bridgehead atoms. The molecule has 1 amide bonds. The molecule has 0 saturated carbocycles. The maximum absolute atomic E-state index is 13.9. The van der Waals surface area contributed by atoms with E-state index in [1.54, 1.807) is 18.1 Å². The van der Waals surface area contributed by atoms with Crippen LogP contribution in [0.2, 0.25) is 0 Å². The largest absolute Gasteiger partial charge is 0.379 e. The predicted molar refractivity (Wildman–Crippen MR) is 94.3 cm³/mol. The lowest BCUT2D eigenvalue weighted by Gasteiger charge is -2.31. The predicted octanol–water partition coefficient (Wildman–Crippen LogP) is 3.91. The number of halogens is 2. The molecular weight excluding hydrogens is 360 g/mol. The van der Waals surface area contributed by atoms with Gasteiger partial charge >= 0.3 is 0 Å². The monoisotopic (exact) mass is 379 g/mol. The molecule has 1 aliphatic heterocycles. The minimum Gasteiger partial charge on any atom is -0.379 e. The molecule has 1 fully saturated rings. The van der Waals surface area contributed by atoms with Crippen LogP contribution in [0.1, 0.15) is 37.7 Å². The Labute approximate surface area is 154 Å². The topological polar surface area (TPSA) is 46.6 Å². The molecule has 1 saturated heterocycles. The second-order valence-corrected chi connectivity index (χ2v) is 7.45. The molecule has 1 aromatic carbocycles. The van der Waals surface area contributed by atoms with Crippen molar-refractivity contribution in [3.63, 3.8) is 0 Å². The van der Waals surface area contributed by atoms with E-state index >= 15 is 0 Å². The van der Waals surface area contributed by atoms with E-state index in [-0.39, 0.29) is 18.0 Å². The normalized spacial score (nSPS) is 17.3. The van der Waals surface area contributed by atoms with Crippen LogP contribution in [0.15, 0.2) is 30.3 Å². The summed E-state index contributed by atoms with van der Waals surface area (Å²) < 4.78 is 32.3. The highest BCUT2D eigenvalue weighted by Crippen LogP contribution is 2.26. The quantitative estimate of drug-likeness (QED) is 0.740. The van der Waals surface area contributed by atoms with Crippen LogP contribution in [0.4, 0.5) is 8.78 Å². The molecular formula is C19H19F2NO3S. The molecule has 0 aliphatic carbocycles. The molecule has 1 atom stereocenters. The van der Waals surface area contributed by atoms with Gasteiger partial charge in [0.2, 0.25) is 0 Å². The number of benzene rings is 1. The summed E-state index contributed by atoms with van der Waals surface area (Å²) in [6.45, 7) is 1.20. The van der Waals surface area contributed by atoms with Crippen LogP contribution in [0.5, 0.6) is 0 Å². The summed E-state index contributed by atoms with van der Waals surface area (Å²) >= 11 is 1.36. The number of ketones is 1. The molecule has 1 aromatic heterocycles. The van der Waals surface area contributed by atoms with E-state index in [1.165, 1.54) is 11.3 Å². The third-order valence-corrected chi connectivity index (χ3v) is 5.48. The van der Waals surface area contributed by atoms with E-state index in [1.807, 2.05) is 6.07 Å². The Morgan fingerprint density at radius 1 is 1.27 bits per heavy atom. The van der Waals surface area contributed by atoms with Gasteiger partial charge in [-0.25, -0.2) is 8.78 Å². The van der Waals surface area contributed by atoms with Gasteiger partial charge in [-0.05, 0) is 43.2 Å². The highest BCUT2D eigenvalue weighted by molar-refractivity contribution is 7.14. The average Bonchev–Trinajstić information content (AvgIpc) is 3.11. The first-order valence-corrected chi connectivity index (χ1v) is 9.17. The van der Waals surface area contributed by atoms with E-state index in [4.69, 9.17) is 4.74 Å². The SMILES string of the molecule is COCc1ccc(C(=O)N2CCC[C@H](C(=O)c3cc(F)ccc3F)C2)s1. The summed E-state index contributed by atoms with van der Waals surface area (Å²) in [5.74, 6) is -2.51. The van der Waals surface area contributed by atoms with Gasteiger partial charge in [-0.2, -0.15) is 0 Å². The highest BCUT2D eigenvalue weighted by atomic mass is 32.1. The Kier molecular flexibility index (Phi) is 5.78. The van der Waals surface area contributed by atoms with Gasteiger partial charge in [0.15, 0.2) is 5.78 Å². The van der Waals surface area contributed by atoms with Gasteiger partial charge in [-0.3, -0.25) is 9.59 Å². The van der Waals surface area contributed by atoms with Crippen molar-refractivity contribution in [2.75, 3.05) is 20.2 Å². The number of amides is 1. The number of rotatable bonds is 5. The van der Waals surface area contributed by atoms with Gasteiger partial charge in [-0.15, -0.1) is 11.3 Å². The molecule has 4 nitrogen and oxygen atoms in total. The van der Waals surface area contributed by atoms with Gasteiger partial charge in [0.1, 0.15) is 11.6 Å². The van der Waals surface area contributed by atoms with Gasteiger partial charge in [0.25, 0.3) is 5.91 Å². The number of hydrogen-bond donors (Lipinski definition) is 0. The van der Waals surface area contributed by atoms with E-state index in [0.29, 0.717) is 30.9 Å². The highest BCUT2D eigenvalue weighted by Gasteiger charge is 2.31. The minimum absolute atomic E-state index is 0.144. The van der Waals surface area contributed by atoms with Crippen molar-refractivity contribution in [1.29, 1.82) is 0 Å². The Bertz CT molecular complexity index is 821. The van der Waals surface area contributed by atoms with Crippen molar-refractivity contribution in [2.45, 2.75) is 19.4 Å². The Hall–Kier alpha value is -2.12. The summed E-state index contributed by atoms with van der Waals surface area (Å²) in [5, 5.41) is 0. The number of likely N-dealkylation sites (tertiary alicyclic amines) is 1. The van der Waals surface area contributed by atoms with E-state index in [0.717, 1.165) is 23.1 Å². The molecule has 3 rings (SSSR count). The maximum Gasteiger partial charge on any atom is 0.263 e. The van der Waals surface area contributed by atoms with Gasteiger partial charge in [-0.1, -0.05) is 0 Å². The van der Waals surface area contributed by atoms with Crippen molar-refractivity contribution in [1.82, 2.24) is 4.90 Å². The van der Waals surface area contributed by atoms with Crippen LogP contribution in [-0.2, 0) is 11.3 Å². The van der Waals surface area contributed by atoms with Crippen molar-refractivity contribution < 1.29 is 23.1 Å². The number of nitrogens with zero attached hydrogens (tertiary/aromatic N) is 1. The minimum atomic E-state index is -0.734. The second-order valence-electron chi connectivity index (χ2n) is 6.28. The number of carbonyl (C=O) groups excluding carboxylic acids is 2. The summed E-state index contributed by atoms with van der Waals surface area (Å²) in [5.41, 5.74) is -0.247. The number of piperidine rings is 1. The molecule has 0 radical (unpaired) electrons. The van der Waals surface area contributed by atoms with Crippen LogP contribution in [0.25, 0.3) is 0 Å². The van der Waals surface area contributed by atoms with Crippen molar-refractivity contribution in [2.24, 2.45) is 5.92 Å². The molecule has 0 spiro atoms. The number of ether oxygens (including phenoxy) is 1. The summed E-state index contributed by atoms with van der Waals surface area (Å²) in [6.07, 6.45) is 1.20. The molecule has 26 heavy (non-hydrogen) atoms. The fourth-order valence-electron chi connectivity index (χ4n) is 3.15. The fraction of sp³-hybridized carbons (Fsp3) is 0.368. The van der Waals surface area contributed by atoms with Crippen LogP contribution < -0.4 is 0 Å². The van der Waals surface area contributed by atoms with Gasteiger partial charge in [0.05, 0.1) is 17.0 Å². The molecule has 2 aromatic rings. The number of Topliss-reactive ketones (excluding diaryl/α,β-unsaturated/α-hetero) is 1. The first-order valence-electron chi connectivity index (χ1n) is 8.35. The Morgan fingerprint density at radius 2 is 2.08 bits per heavy atom. The second kappa shape index (κ2) is 8.05. The summed E-state index contributed by atoms with van der Waals surface area (Å²) in [6, 6.07) is 6.46. The first-order chi connectivity index (χ1) is 12.5. The smallest absolute Gasteiger partial charge is 0.263 e. The van der Waals surface area contributed by atoms with Crippen molar-refractivity contribution in [3.05, 3.63) is 57.3 Å². The molecule has 0 N–H and O–H groups in total. The zero-order valence-electron chi connectivity index (χ0n) is 14.3. The van der Waals surface area contributed by atoms with Crippen LogP contribution in [-0.4, -0.2) is 36.8 Å². The molecule has 1 aliphatic rings.